The van der Waals surface area contributed by atoms with Crippen molar-refractivity contribution in [1.82, 2.24) is 15.3 Å². The Bertz CT molecular complexity index is 661. The number of carboxylic acids is 1. The molecule has 0 bridgehead atoms. The first-order chi connectivity index (χ1) is 9.99. The number of H-pyrrole nitrogens is 1. The van der Waals surface area contributed by atoms with Gasteiger partial charge in [0.15, 0.2) is 5.82 Å². The number of carboxylic acid groups (broad SMARTS) is 1. The number of nitrogens with one attached hydrogen (secondary N) is 2. The molecule has 0 saturated heterocycles. The largest absolute Gasteiger partial charge is 0.480 e. The van der Waals surface area contributed by atoms with E-state index < -0.39 is 23.7 Å². The number of imidazole rings is 1. The quantitative estimate of drug-likeness (QED) is 0.782. The van der Waals surface area contributed by atoms with Crippen LogP contribution in [-0.4, -0.2) is 33.0 Å². The average molecular weight is 312 g/mol. The maximum absolute atomic E-state index is 13.7. The highest BCUT2D eigenvalue weighted by atomic mass is 35.5. The van der Waals surface area contributed by atoms with Crippen LogP contribution in [0.2, 0.25) is 5.02 Å². The average Bonchev–Trinajstić information content (AvgIpc) is 2.93. The van der Waals surface area contributed by atoms with E-state index in [0.717, 1.165) is 0 Å². The number of carbonyl (C=O) groups is 2. The molecule has 1 amide bonds. The van der Waals surface area contributed by atoms with Gasteiger partial charge in [0, 0.05) is 18.3 Å². The lowest BCUT2D eigenvalue weighted by atomic mass is 10.1. The topological polar surface area (TPSA) is 95.1 Å². The standard InChI is InChI=1S/C13H11ClFN3O3/c14-9-3-1-2-8(11(9)15)12(19)18-10(13(20)21)4-7-5-16-6-17-7/h1-3,5-6,10H,4H2,(H,16,17)(H,18,19)(H,20,21). The van der Waals surface area contributed by atoms with Gasteiger partial charge in [-0.05, 0) is 12.1 Å². The van der Waals surface area contributed by atoms with E-state index in [-0.39, 0.29) is 17.0 Å². The lowest BCUT2D eigenvalue weighted by molar-refractivity contribution is -0.139. The number of amides is 1. The molecule has 0 aliphatic heterocycles. The molecule has 0 aliphatic carbocycles. The van der Waals surface area contributed by atoms with Gasteiger partial charge in [0.05, 0.1) is 16.9 Å². The van der Waals surface area contributed by atoms with Crippen molar-refractivity contribution in [3.05, 3.63) is 52.8 Å². The van der Waals surface area contributed by atoms with Gasteiger partial charge < -0.3 is 15.4 Å². The van der Waals surface area contributed by atoms with E-state index in [2.05, 4.69) is 15.3 Å². The second-order valence-corrected chi connectivity index (χ2v) is 4.65. The van der Waals surface area contributed by atoms with E-state index in [1.807, 2.05) is 0 Å². The van der Waals surface area contributed by atoms with E-state index >= 15 is 0 Å². The predicted molar refractivity (Wildman–Crippen MR) is 72.6 cm³/mol. The Morgan fingerprint density at radius 2 is 2.24 bits per heavy atom. The van der Waals surface area contributed by atoms with Gasteiger partial charge in [0.25, 0.3) is 5.91 Å². The van der Waals surface area contributed by atoms with E-state index in [0.29, 0.717) is 5.69 Å². The molecule has 2 aromatic rings. The summed E-state index contributed by atoms with van der Waals surface area (Å²) in [5.74, 6) is -2.97. The fraction of sp³-hybridized carbons (Fsp3) is 0.154. The van der Waals surface area contributed by atoms with Gasteiger partial charge in [0.2, 0.25) is 0 Å². The van der Waals surface area contributed by atoms with Crippen molar-refractivity contribution in [2.75, 3.05) is 0 Å². The van der Waals surface area contributed by atoms with E-state index in [4.69, 9.17) is 16.7 Å². The van der Waals surface area contributed by atoms with Crippen molar-refractivity contribution in [3.8, 4) is 0 Å². The summed E-state index contributed by atoms with van der Waals surface area (Å²) >= 11 is 5.59. The molecule has 1 aromatic heterocycles. The van der Waals surface area contributed by atoms with Crippen molar-refractivity contribution in [2.24, 2.45) is 0 Å². The number of carbonyl (C=O) groups excluding carboxylic acids is 1. The Morgan fingerprint density at radius 3 is 2.86 bits per heavy atom. The summed E-state index contributed by atoms with van der Waals surface area (Å²) in [5.41, 5.74) is 0.229. The molecule has 110 valence electrons. The molecule has 0 radical (unpaired) electrons. The second kappa shape index (κ2) is 6.36. The van der Waals surface area contributed by atoms with E-state index in [9.17, 15) is 14.0 Å². The van der Waals surface area contributed by atoms with Gasteiger partial charge in [-0.2, -0.15) is 0 Å². The van der Waals surface area contributed by atoms with Gasteiger partial charge >= 0.3 is 5.97 Å². The van der Waals surface area contributed by atoms with Crippen molar-refractivity contribution in [3.63, 3.8) is 0 Å². The number of rotatable bonds is 5. The van der Waals surface area contributed by atoms with Crippen molar-refractivity contribution in [2.45, 2.75) is 12.5 Å². The highest BCUT2D eigenvalue weighted by molar-refractivity contribution is 6.31. The van der Waals surface area contributed by atoms with Crippen LogP contribution < -0.4 is 5.32 Å². The molecule has 0 saturated carbocycles. The predicted octanol–water partition coefficient (Wildman–Crippen LogP) is 1.63. The van der Waals surface area contributed by atoms with Crippen LogP contribution in [0.3, 0.4) is 0 Å². The number of hydrogen-bond acceptors (Lipinski definition) is 3. The zero-order valence-corrected chi connectivity index (χ0v) is 11.4. The molecule has 1 atom stereocenters. The lowest BCUT2D eigenvalue weighted by Crippen LogP contribution is -2.42. The number of hydrogen-bond donors (Lipinski definition) is 3. The monoisotopic (exact) mass is 311 g/mol. The van der Waals surface area contributed by atoms with Crippen LogP contribution in [0.25, 0.3) is 0 Å². The third kappa shape index (κ3) is 3.57. The Labute approximate surface area is 124 Å². The van der Waals surface area contributed by atoms with Crippen LogP contribution in [0.4, 0.5) is 4.39 Å². The van der Waals surface area contributed by atoms with Crippen LogP contribution in [0.1, 0.15) is 16.1 Å². The van der Waals surface area contributed by atoms with Gasteiger partial charge in [-0.25, -0.2) is 14.2 Å². The number of aromatic amines is 1. The maximum atomic E-state index is 13.7. The first-order valence-corrected chi connectivity index (χ1v) is 6.31. The van der Waals surface area contributed by atoms with Crippen molar-refractivity contribution in [1.29, 1.82) is 0 Å². The summed E-state index contributed by atoms with van der Waals surface area (Å²) in [6, 6.07) is 2.72. The highest BCUT2D eigenvalue weighted by Gasteiger charge is 2.23. The van der Waals surface area contributed by atoms with Gasteiger partial charge in [-0.3, -0.25) is 4.79 Å². The van der Waals surface area contributed by atoms with Crippen molar-refractivity contribution < 1.29 is 19.1 Å². The molecule has 1 heterocycles. The number of aliphatic carboxylic acids is 1. The molecule has 0 spiro atoms. The first-order valence-electron chi connectivity index (χ1n) is 5.94. The van der Waals surface area contributed by atoms with Crippen LogP contribution in [0.15, 0.2) is 30.7 Å². The van der Waals surface area contributed by atoms with Gasteiger partial charge in [-0.1, -0.05) is 17.7 Å². The molecule has 0 aliphatic rings. The van der Waals surface area contributed by atoms with Gasteiger partial charge in [-0.15, -0.1) is 0 Å². The zero-order valence-electron chi connectivity index (χ0n) is 10.6. The Kier molecular flexibility index (Phi) is 4.54. The smallest absolute Gasteiger partial charge is 0.326 e. The summed E-state index contributed by atoms with van der Waals surface area (Å²) in [6.07, 6.45) is 2.85. The summed E-state index contributed by atoms with van der Waals surface area (Å²) in [6.45, 7) is 0. The molecule has 6 nitrogen and oxygen atoms in total. The number of aromatic nitrogens is 2. The third-order valence-corrected chi connectivity index (χ3v) is 3.07. The first kappa shape index (κ1) is 15.0. The molecule has 3 N–H and O–H groups in total. The molecule has 1 unspecified atom stereocenters. The normalized spacial score (nSPS) is 11.9. The number of benzene rings is 1. The third-order valence-electron chi connectivity index (χ3n) is 2.78. The molecular weight excluding hydrogens is 301 g/mol. The summed E-state index contributed by atoms with van der Waals surface area (Å²) in [7, 11) is 0. The van der Waals surface area contributed by atoms with Crippen LogP contribution in [0, 0.1) is 5.82 Å². The zero-order chi connectivity index (χ0) is 15.4. The minimum absolute atomic E-state index is 0.00323. The Morgan fingerprint density at radius 1 is 1.48 bits per heavy atom. The Hall–Kier alpha value is -2.41. The molecule has 2 rings (SSSR count). The minimum atomic E-state index is -1.24. The summed E-state index contributed by atoms with van der Waals surface area (Å²) in [5, 5.41) is 11.2. The van der Waals surface area contributed by atoms with Crippen molar-refractivity contribution >= 4 is 23.5 Å². The number of nitrogens with zero attached hydrogens (tertiary/aromatic N) is 1. The molecular formula is C13H11ClFN3O3. The second-order valence-electron chi connectivity index (χ2n) is 4.25. The Balaban J connectivity index is 2.15. The van der Waals surface area contributed by atoms with Crippen LogP contribution in [-0.2, 0) is 11.2 Å². The fourth-order valence-electron chi connectivity index (χ4n) is 1.73. The fourth-order valence-corrected chi connectivity index (χ4v) is 1.91. The molecule has 0 fully saturated rings. The maximum Gasteiger partial charge on any atom is 0.326 e. The van der Waals surface area contributed by atoms with E-state index in [1.165, 1.54) is 30.7 Å². The summed E-state index contributed by atoms with van der Waals surface area (Å²) in [4.78, 5) is 29.6. The number of halogens is 2. The molecule has 21 heavy (non-hydrogen) atoms. The van der Waals surface area contributed by atoms with Gasteiger partial charge in [0.1, 0.15) is 6.04 Å². The lowest BCUT2D eigenvalue weighted by Gasteiger charge is -2.14. The van der Waals surface area contributed by atoms with Crippen LogP contribution >= 0.6 is 11.6 Å². The molecule has 1 aromatic carbocycles. The summed E-state index contributed by atoms with van der Waals surface area (Å²) < 4.78 is 13.7. The highest BCUT2D eigenvalue weighted by Crippen LogP contribution is 2.17. The van der Waals surface area contributed by atoms with Crippen LogP contribution in [0.5, 0.6) is 0 Å². The van der Waals surface area contributed by atoms with E-state index in [1.54, 1.807) is 0 Å². The molecule has 8 heteroatoms. The minimum Gasteiger partial charge on any atom is -0.480 e. The SMILES string of the molecule is O=C(NC(Cc1cnc[nH]1)C(=O)O)c1cccc(Cl)c1F.